The molecule has 0 aromatic rings. The van der Waals surface area contributed by atoms with Crippen molar-refractivity contribution in [2.24, 2.45) is 0 Å². The molecule has 0 bridgehead atoms. The number of nitrogens with one attached hydrogen (secondary N) is 1. The average molecular weight is 264 g/mol. The molecule has 18 heavy (non-hydrogen) atoms. The number of carboxylic acids is 2. The number of hydrogen-bond donors (Lipinski definition) is 5. The van der Waals surface area contributed by atoms with Crippen molar-refractivity contribution < 1.29 is 30.0 Å². The minimum atomic E-state index is -2.26. The van der Waals surface area contributed by atoms with Gasteiger partial charge in [-0.2, -0.15) is 0 Å². The van der Waals surface area contributed by atoms with E-state index in [0.717, 1.165) is 11.9 Å². The van der Waals surface area contributed by atoms with Crippen LogP contribution in [-0.4, -0.2) is 55.9 Å². The molecule has 0 radical (unpaired) electrons. The first-order valence-electron chi connectivity index (χ1n) is 5.61. The molecule has 0 aliphatic heterocycles. The van der Waals surface area contributed by atoms with Crippen molar-refractivity contribution in [3.8, 4) is 0 Å². The summed E-state index contributed by atoms with van der Waals surface area (Å²) < 4.78 is 0. The molecule has 106 valence electrons. The van der Waals surface area contributed by atoms with Gasteiger partial charge in [-0.05, 0) is 12.8 Å². The van der Waals surface area contributed by atoms with Crippen molar-refractivity contribution in [1.82, 2.24) is 10.4 Å². The Labute approximate surface area is 105 Å². The van der Waals surface area contributed by atoms with Gasteiger partial charge in [-0.1, -0.05) is 6.92 Å². The minimum absolute atomic E-state index is 0.131. The summed E-state index contributed by atoms with van der Waals surface area (Å²) >= 11 is 0. The molecular formula is C10H20N2O6. The van der Waals surface area contributed by atoms with E-state index in [1.807, 2.05) is 0 Å². The third-order valence-electron chi connectivity index (χ3n) is 2.11. The van der Waals surface area contributed by atoms with Crippen LogP contribution in [0, 0.1) is 0 Å². The molecule has 1 atom stereocenters. The predicted octanol–water partition coefficient (Wildman–Crippen LogP) is -0.821. The predicted molar refractivity (Wildman–Crippen MR) is 61.3 cm³/mol. The van der Waals surface area contributed by atoms with Gasteiger partial charge >= 0.3 is 11.9 Å². The summed E-state index contributed by atoms with van der Waals surface area (Å²) in [7, 11) is 0. The molecule has 0 rings (SSSR count). The lowest BCUT2D eigenvalue weighted by atomic mass is 10.1. The highest BCUT2D eigenvalue weighted by molar-refractivity contribution is 5.75. The zero-order chi connectivity index (χ0) is 14.3. The lowest BCUT2D eigenvalue weighted by molar-refractivity contribution is -0.214. The number of aliphatic carboxylic acids is 2. The van der Waals surface area contributed by atoms with Crippen LogP contribution in [0.1, 0.15) is 33.1 Å². The molecule has 0 unspecified atom stereocenters. The standard InChI is InChI=1S/C10H20N2O6/c1-3-6-12(11-10(2,17)18)7(9(15)16)4-5-8(13)14/h7,11,17-18H,3-6H2,1-2H3,(H,13,14)(H,15,16)/t7-/m0/s1. The summed E-state index contributed by atoms with van der Waals surface area (Å²) in [5, 5.41) is 37.2. The lowest BCUT2D eigenvalue weighted by Crippen LogP contribution is -2.58. The maximum absolute atomic E-state index is 11.1. The molecule has 0 saturated heterocycles. The van der Waals surface area contributed by atoms with Gasteiger partial charge in [-0.15, -0.1) is 0 Å². The number of nitrogens with zero attached hydrogens (tertiary/aromatic N) is 1. The normalized spacial score (nSPS) is 13.6. The van der Waals surface area contributed by atoms with Crippen LogP contribution in [0.3, 0.4) is 0 Å². The van der Waals surface area contributed by atoms with E-state index < -0.39 is 23.9 Å². The summed E-state index contributed by atoms with van der Waals surface area (Å²) in [6, 6.07) is -1.14. The topological polar surface area (TPSA) is 130 Å². The Hall–Kier alpha value is -1.22. The molecule has 8 nitrogen and oxygen atoms in total. The highest BCUT2D eigenvalue weighted by Crippen LogP contribution is 2.09. The number of carboxylic acid groups (broad SMARTS) is 2. The average Bonchev–Trinajstić information content (AvgIpc) is 2.14. The molecular weight excluding hydrogens is 244 g/mol. The Morgan fingerprint density at radius 2 is 1.89 bits per heavy atom. The van der Waals surface area contributed by atoms with Crippen molar-refractivity contribution in [3.05, 3.63) is 0 Å². The van der Waals surface area contributed by atoms with Crippen LogP contribution < -0.4 is 5.43 Å². The largest absolute Gasteiger partial charge is 0.481 e. The first-order chi connectivity index (χ1) is 8.17. The maximum atomic E-state index is 11.1. The van der Waals surface area contributed by atoms with Gasteiger partial charge in [0.25, 0.3) is 0 Å². The quantitative estimate of drug-likeness (QED) is 0.270. The molecule has 8 heteroatoms. The molecule has 0 heterocycles. The highest BCUT2D eigenvalue weighted by atomic mass is 16.5. The SMILES string of the molecule is CCCN(NC(C)(O)O)[C@@H](CCC(=O)O)C(=O)O. The van der Waals surface area contributed by atoms with Gasteiger partial charge in [0.05, 0.1) is 0 Å². The summed E-state index contributed by atoms with van der Waals surface area (Å²) in [4.78, 5) is 21.5. The monoisotopic (exact) mass is 264 g/mol. The van der Waals surface area contributed by atoms with Crippen molar-refractivity contribution in [2.75, 3.05) is 6.54 Å². The molecule has 0 aliphatic rings. The van der Waals surface area contributed by atoms with E-state index >= 15 is 0 Å². The van der Waals surface area contributed by atoms with Gasteiger partial charge in [0.15, 0.2) is 0 Å². The van der Waals surface area contributed by atoms with E-state index in [4.69, 9.17) is 10.2 Å². The molecule has 5 N–H and O–H groups in total. The Morgan fingerprint density at radius 3 is 2.22 bits per heavy atom. The molecule has 0 amide bonds. The molecule has 0 aromatic heterocycles. The highest BCUT2D eigenvalue weighted by Gasteiger charge is 2.30. The van der Waals surface area contributed by atoms with E-state index in [1.165, 1.54) is 0 Å². The summed E-state index contributed by atoms with van der Waals surface area (Å²) in [6.07, 6.45) is 0.125. The van der Waals surface area contributed by atoms with Gasteiger partial charge in [-0.3, -0.25) is 9.59 Å². The van der Waals surface area contributed by atoms with E-state index in [2.05, 4.69) is 5.43 Å². The molecule has 0 saturated carbocycles. The lowest BCUT2D eigenvalue weighted by Gasteiger charge is -2.33. The molecule has 0 fully saturated rings. The van der Waals surface area contributed by atoms with Crippen LogP contribution in [0.15, 0.2) is 0 Å². The summed E-state index contributed by atoms with van der Waals surface area (Å²) in [5.74, 6) is -4.58. The number of carbonyl (C=O) groups is 2. The van der Waals surface area contributed by atoms with Gasteiger partial charge < -0.3 is 20.4 Å². The Kier molecular flexibility index (Phi) is 6.77. The van der Waals surface area contributed by atoms with Gasteiger partial charge in [-0.25, -0.2) is 10.4 Å². The van der Waals surface area contributed by atoms with Crippen molar-refractivity contribution in [1.29, 1.82) is 0 Å². The zero-order valence-electron chi connectivity index (χ0n) is 10.5. The Bertz CT molecular complexity index is 289. The zero-order valence-corrected chi connectivity index (χ0v) is 10.5. The second-order valence-corrected chi connectivity index (χ2v) is 4.11. The second-order valence-electron chi connectivity index (χ2n) is 4.11. The number of hydrazine groups is 1. The van der Waals surface area contributed by atoms with E-state index in [9.17, 15) is 19.8 Å². The van der Waals surface area contributed by atoms with Crippen LogP contribution in [0.25, 0.3) is 0 Å². The fourth-order valence-electron chi connectivity index (χ4n) is 1.48. The second kappa shape index (κ2) is 7.27. The third kappa shape index (κ3) is 7.17. The first kappa shape index (κ1) is 16.8. The number of hydrogen-bond acceptors (Lipinski definition) is 6. The first-order valence-corrected chi connectivity index (χ1v) is 5.61. The van der Waals surface area contributed by atoms with E-state index in [0.29, 0.717) is 6.42 Å². The summed E-state index contributed by atoms with van der Waals surface area (Å²) in [5.41, 5.74) is 2.23. The summed E-state index contributed by atoms with van der Waals surface area (Å²) in [6.45, 7) is 3.08. The van der Waals surface area contributed by atoms with Gasteiger partial charge in [0.2, 0.25) is 5.91 Å². The fraction of sp³-hybridized carbons (Fsp3) is 0.800. The van der Waals surface area contributed by atoms with E-state index in [-0.39, 0.29) is 19.4 Å². The van der Waals surface area contributed by atoms with Crippen molar-refractivity contribution >= 4 is 11.9 Å². The molecule has 0 aliphatic carbocycles. The van der Waals surface area contributed by atoms with Crippen molar-refractivity contribution in [3.63, 3.8) is 0 Å². The van der Waals surface area contributed by atoms with Crippen molar-refractivity contribution in [2.45, 2.75) is 45.1 Å². The smallest absolute Gasteiger partial charge is 0.322 e. The number of rotatable bonds is 9. The van der Waals surface area contributed by atoms with Crippen LogP contribution in [0.5, 0.6) is 0 Å². The molecule has 0 aromatic carbocycles. The van der Waals surface area contributed by atoms with E-state index in [1.54, 1.807) is 6.92 Å². The third-order valence-corrected chi connectivity index (χ3v) is 2.11. The van der Waals surface area contributed by atoms with Gasteiger partial charge in [0.1, 0.15) is 6.04 Å². The number of aliphatic hydroxyl groups is 2. The van der Waals surface area contributed by atoms with Crippen LogP contribution in [-0.2, 0) is 9.59 Å². The minimum Gasteiger partial charge on any atom is -0.481 e. The molecule has 0 spiro atoms. The van der Waals surface area contributed by atoms with Crippen LogP contribution >= 0.6 is 0 Å². The van der Waals surface area contributed by atoms with Crippen LogP contribution in [0.2, 0.25) is 0 Å². The van der Waals surface area contributed by atoms with Gasteiger partial charge in [0, 0.05) is 19.9 Å². The van der Waals surface area contributed by atoms with Crippen LogP contribution in [0.4, 0.5) is 0 Å². The Morgan fingerprint density at radius 1 is 1.33 bits per heavy atom. The fourth-order valence-corrected chi connectivity index (χ4v) is 1.48. The maximum Gasteiger partial charge on any atom is 0.322 e. The Balaban J connectivity index is 4.75.